The molecule has 2 unspecified atom stereocenters. The number of amides is 1. The van der Waals surface area contributed by atoms with Crippen molar-refractivity contribution in [1.29, 1.82) is 0 Å². The number of aliphatic hydroxyl groups excluding tert-OH is 1. The van der Waals surface area contributed by atoms with Gasteiger partial charge in [0, 0.05) is 18.0 Å². The second kappa shape index (κ2) is 4.51. The molecule has 18 heavy (non-hydrogen) atoms. The Balaban J connectivity index is 1.90. The highest BCUT2D eigenvalue weighted by Gasteiger charge is 2.30. The fourth-order valence-electron chi connectivity index (χ4n) is 2.55. The quantitative estimate of drug-likeness (QED) is 0.791. The highest BCUT2D eigenvalue weighted by atomic mass is 32.1. The van der Waals surface area contributed by atoms with E-state index in [1.165, 1.54) is 4.88 Å². The number of nitrogens with zero attached hydrogens (tertiary/aromatic N) is 2. The Morgan fingerprint density at radius 2 is 2.39 bits per heavy atom. The summed E-state index contributed by atoms with van der Waals surface area (Å²) in [7, 11) is 0. The Morgan fingerprint density at radius 1 is 1.56 bits per heavy atom. The van der Waals surface area contributed by atoms with Crippen LogP contribution in [0.3, 0.4) is 0 Å². The van der Waals surface area contributed by atoms with Crippen LogP contribution in [-0.4, -0.2) is 35.1 Å². The zero-order valence-electron chi connectivity index (χ0n) is 10.3. The highest BCUT2D eigenvalue weighted by molar-refractivity contribution is 7.15. The van der Waals surface area contributed by atoms with Gasteiger partial charge in [-0.15, -0.1) is 11.3 Å². The molecule has 0 spiro atoms. The summed E-state index contributed by atoms with van der Waals surface area (Å²) < 4.78 is 0. The van der Waals surface area contributed by atoms with Crippen LogP contribution in [-0.2, 0) is 11.2 Å². The molecule has 0 bridgehead atoms. The highest BCUT2D eigenvalue weighted by Crippen LogP contribution is 2.37. The van der Waals surface area contributed by atoms with Crippen molar-refractivity contribution >= 4 is 22.4 Å². The van der Waals surface area contributed by atoms with Gasteiger partial charge in [-0.05, 0) is 26.2 Å². The van der Waals surface area contributed by atoms with Gasteiger partial charge in [-0.25, -0.2) is 4.98 Å². The Morgan fingerprint density at radius 3 is 3.17 bits per heavy atom. The Kier molecular flexibility index (Phi) is 2.99. The summed E-state index contributed by atoms with van der Waals surface area (Å²) in [6, 6.07) is -0.177. The maximum Gasteiger partial charge on any atom is 0.242 e. The summed E-state index contributed by atoms with van der Waals surface area (Å²) in [5.41, 5.74) is 0.833. The summed E-state index contributed by atoms with van der Waals surface area (Å²) in [5, 5.41) is 13.7. The number of aromatic nitrogens is 1. The number of fused-ring (bicyclic) bond motifs is 1. The molecule has 1 aromatic heterocycles. The van der Waals surface area contributed by atoms with Crippen molar-refractivity contribution in [3.63, 3.8) is 0 Å². The monoisotopic (exact) mass is 267 g/mol. The summed E-state index contributed by atoms with van der Waals surface area (Å²) >= 11 is 1.63. The van der Waals surface area contributed by atoms with Crippen LogP contribution in [0.25, 0.3) is 0 Å². The van der Waals surface area contributed by atoms with Gasteiger partial charge in [0.05, 0.1) is 11.8 Å². The number of hydrogen-bond acceptors (Lipinski definition) is 5. The van der Waals surface area contributed by atoms with E-state index < -0.39 is 6.10 Å². The van der Waals surface area contributed by atoms with Gasteiger partial charge >= 0.3 is 0 Å². The van der Waals surface area contributed by atoms with Crippen molar-refractivity contribution in [2.45, 2.75) is 38.3 Å². The minimum Gasteiger partial charge on any atom is -0.387 e. The van der Waals surface area contributed by atoms with Crippen LogP contribution < -0.4 is 10.2 Å². The Hall–Kier alpha value is -1.14. The fraction of sp³-hybridized carbons (Fsp3) is 0.667. The molecule has 98 valence electrons. The SMILES string of the molecule is CC1C(=O)NCCN1c1nc2c(s1)CCCC2O. The first-order valence-corrected chi connectivity index (χ1v) is 7.20. The van der Waals surface area contributed by atoms with E-state index in [0.29, 0.717) is 6.54 Å². The predicted octanol–water partition coefficient (Wildman–Crippen LogP) is 0.837. The van der Waals surface area contributed by atoms with Crippen LogP contribution in [0.15, 0.2) is 0 Å². The van der Waals surface area contributed by atoms with Gasteiger partial charge in [0.15, 0.2) is 5.13 Å². The average Bonchev–Trinajstić information content (AvgIpc) is 2.78. The molecule has 1 aliphatic carbocycles. The van der Waals surface area contributed by atoms with E-state index in [1.807, 2.05) is 11.8 Å². The average molecular weight is 267 g/mol. The number of nitrogens with one attached hydrogen (secondary N) is 1. The second-order valence-corrected chi connectivity index (χ2v) is 5.94. The number of aryl methyl sites for hydroxylation is 1. The standard InChI is InChI=1S/C12H17N3O2S/c1-7-11(17)13-5-6-15(7)12-14-10-8(16)3-2-4-9(10)18-12/h7-8,16H,2-6H2,1H3,(H,13,17). The van der Waals surface area contributed by atoms with Crippen molar-refractivity contribution in [3.05, 3.63) is 10.6 Å². The normalized spacial score (nSPS) is 27.9. The smallest absolute Gasteiger partial charge is 0.242 e. The Bertz CT molecular complexity index is 474. The maximum atomic E-state index is 11.7. The summed E-state index contributed by atoms with van der Waals surface area (Å²) in [6.07, 6.45) is 2.39. The molecule has 6 heteroatoms. The minimum absolute atomic E-state index is 0.0509. The van der Waals surface area contributed by atoms with E-state index in [-0.39, 0.29) is 11.9 Å². The molecule has 1 aliphatic heterocycles. The van der Waals surface area contributed by atoms with E-state index in [1.54, 1.807) is 11.3 Å². The van der Waals surface area contributed by atoms with E-state index in [0.717, 1.165) is 36.6 Å². The number of carbonyl (C=O) groups excluding carboxylic acids is 1. The van der Waals surface area contributed by atoms with E-state index in [9.17, 15) is 9.90 Å². The zero-order valence-corrected chi connectivity index (χ0v) is 11.2. The first kappa shape index (κ1) is 11.9. The molecule has 2 atom stereocenters. The maximum absolute atomic E-state index is 11.7. The van der Waals surface area contributed by atoms with Gasteiger partial charge in [0.1, 0.15) is 6.04 Å². The van der Waals surface area contributed by atoms with Gasteiger partial charge in [0.2, 0.25) is 5.91 Å². The first-order chi connectivity index (χ1) is 8.66. The molecular formula is C12H17N3O2S. The molecule has 5 nitrogen and oxygen atoms in total. The lowest BCUT2D eigenvalue weighted by Crippen LogP contribution is -2.54. The van der Waals surface area contributed by atoms with Gasteiger partial charge in [-0.2, -0.15) is 0 Å². The third-order valence-corrected chi connectivity index (χ3v) is 4.83. The number of piperazine rings is 1. The second-order valence-electron chi connectivity index (χ2n) is 4.87. The molecule has 2 N–H and O–H groups in total. The topological polar surface area (TPSA) is 65.5 Å². The van der Waals surface area contributed by atoms with E-state index >= 15 is 0 Å². The van der Waals surface area contributed by atoms with Gasteiger partial charge in [0.25, 0.3) is 0 Å². The zero-order chi connectivity index (χ0) is 12.7. The lowest BCUT2D eigenvalue weighted by molar-refractivity contribution is -0.122. The number of rotatable bonds is 1. The molecule has 1 aromatic rings. The van der Waals surface area contributed by atoms with E-state index in [2.05, 4.69) is 10.3 Å². The molecule has 1 amide bonds. The number of carbonyl (C=O) groups is 1. The molecule has 2 heterocycles. The molecule has 0 radical (unpaired) electrons. The Labute approximate surface area is 110 Å². The van der Waals surface area contributed by atoms with Crippen molar-refractivity contribution in [3.8, 4) is 0 Å². The number of thiazole rings is 1. The number of anilines is 1. The number of aliphatic hydroxyl groups is 1. The molecule has 3 rings (SSSR count). The van der Waals surface area contributed by atoms with Crippen LogP contribution in [0, 0.1) is 0 Å². The first-order valence-electron chi connectivity index (χ1n) is 6.39. The molecule has 0 saturated carbocycles. The van der Waals surface area contributed by atoms with Crippen molar-refractivity contribution in [1.82, 2.24) is 10.3 Å². The van der Waals surface area contributed by atoms with Gasteiger partial charge in [-0.1, -0.05) is 0 Å². The lowest BCUT2D eigenvalue weighted by atomic mass is 10.0. The summed E-state index contributed by atoms with van der Waals surface area (Å²) in [6.45, 7) is 3.34. The molecule has 0 aromatic carbocycles. The lowest BCUT2D eigenvalue weighted by Gasteiger charge is -2.32. The van der Waals surface area contributed by atoms with Crippen molar-refractivity contribution < 1.29 is 9.90 Å². The van der Waals surface area contributed by atoms with Crippen LogP contribution >= 0.6 is 11.3 Å². The van der Waals surface area contributed by atoms with Crippen LogP contribution in [0.5, 0.6) is 0 Å². The van der Waals surface area contributed by atoms with Crippen LogP contribution in [0.1, 0.15) is 36.4 Å². The van der Waals surface area contributed by atoms with Crippen LogP contribution in [0.4, 0.5) is 5.13 Å². The van der Waals surface area contributed by atoms with Crippen LogP contribution in [0.2, 0.25) is 0 Å². The third kappa shape index (κ3) is 1.89. The van der Waals surface area contributed by atoms with E-state index in [4.69, 9.17) is 0 Å². The minimum atomic E-state index is -0.423. The fourth-order valence-corrected chi connectivity index (χ4v) is 3.81. The largest absolute Gasteiger partial charge is 0.387 e. The van der Waals surface area contributed by atoms with Crippen molar-refractivity contribution in [2.24, 2.45) is 0 Å². The third-order valence-electron chi connectivity index (χ3n) is 3.66. The predicted molar refractivity (Wildman–Crippen MR) is 69.8 cm³/mol. The van der Waals surface area contributed by atoms with Crippen molar-refractivity contribution in [2.75, 3.05) is 18.0 Å². The molecule has 1 fully saturated rings. The number of hydrogen-bond donors (Lipinski definition) is 2. The molecule has 2 aliphatic rings. The summed E-state index contributed by atoms with van der Waals surface area (Å²) in [4.78, 5) is 19.4. The summed E-state index contributed by atoms with van der Waals surface area (Å²) in [5.74, 6) is 0.0509. The van der Waals surface area contributed by atoms with Gasteiger partial charge < -0.3 is 15.3 Å². The molecule has 1 saturated heterocycles. The molecular weight excluding hydrogens is 250 g/mol. The van der Waals surface area contributed by atoms with Gasteiger partial charge in [-0.3, -0.25) is 4.79 Å².